The highest BCUT2D eigenvalue weighted by Gasteiger charge is 2.33. The minimum Gasteiger partial charge on any atom is -0.378 e. The minimum absolute atomic E-state index is 0.0900. The molecular weight excluding hydrogens is 395 g/mol. The summed E-state index contributed by atoms with van der Waals surface area (Å²) < 4.78 is 45.2. The van der Waals surface area contributed by atoms with Crippen LogP contribution in [0.4, 0.5) is 24.7 Å². The molecule has 9 heteroatoms. The molecule has 158 valence electrons. The van der Waals surface area contributed by atoms with Crippen LogP contribution in [-0.2, 0) is 10.9 Å². The fraction of sp³-hybridized carbons (Fsp3) is 0.333. The number of alkyl halides is 3. The van der Waals surface area contributed by atoms with E-state index in [2.05, 4.69) is 20.4 Å². The lowest BCUT2D eigenvalue weighted by atomic mass is 10.00. The van der Waals surface area contributed by atoms with Crippen LogP contribution in [-0.4, -0.2) is 36.5 Å². The SMILES string of the molecule is Cc1c([C@@H](N)Nc2nncc3ccc(N4CCOCC4)cc23)cccc1C(F)(F)F. The van der Waals surface area contributed by atoms with E-state index < -0.39 is 17.9 Å². The molecule has 0 unspecified atom stereocenters. The van der Waals surface area contributed by atoms with Crippen LogP contribution in [0.5, 0.6) is 0 Å². The van der Waals surface area contributed by atoms with Gasteiger partial charge in [-0.05, 0) is 36.2 Å². The molecule has 1 atom stereocenters. The molecule has 1 saturated heterocycles. The van der Waals surface area contributed by atoms with Gasteiger partial charge in [-0.3, -0.25) is 0 Å². The fourth-order valence-electron chi connectivity index (χ4n) is 3.71. The van der Waals surface area contributed by atoms with E-state index in [0.29, 0.717) is 24.6 Å². The molecule has 6 nitrogen and oxygen atoms in total. The van der Waals surface area contributed by atoms with Crippen molar-refractivity contribution in [3.05, 3.63) is 59.3 Å². The molecule has 1 aromatic heterocycles. The minimum atomic E-state index is -4.44. The van der Waals surface area contributed by atoms with Crippen LogP contribution >= 0.6 is 0 Å². The lowest BCUT2D eigenvalue weighted by Crippen LogP contribution is -2.36. The van der Waals surface area contributed by atoms with E-state index in [9.17, 15) is 13.2 Å². The molecule has 0 bridgehead atoms. The Labute approximate surface area is 171 Å². The van der Waals surface area contributed by atoms with Gasteiger partial charge in [-0.15, -0.1) is 5.10 Å². The topological polar surface area (TPSA) is 76.3 Å². The zero-order chi connectivity index (χ0) is 21.3. The van der Waals surface area contributed by atoms with Gasteiger partial charge >= 0.3 is 6.18 Å². The third kappa shape index (κ3) is 4.03. The number of hydrogen-bond donors (Lipinski definition) is 2. The monoisotopic (exact) mass is 417 g/mol. The molecule has 0 saturated carbocycles. The number of halogens is 3. The first kappa shape index (κ1) is 20.4. The molecule has 0 radical (unpaired) electrons. The first-order chi connectivity index (χ1) is 14.3. The Kier molecular flexibility index (Phi) is 5.48. The van der Waals surface area contributed by atoms with E-state index in [4.69, 9.17) is 10.5 Å². The number of anilines is 2. The molecule has 0 spiro atoms. The Morgan fingerprint density at radius 3 is 2.67 bits per heavy atom. The first-order valence-electron chi connectivity index (χ1n) is 9.61. The quantitative estimate of drug-likeness (QED) is 0.628. The maximum atomic E-state index is 13.3. The molecule has 2 heterocycles. The van der Waals surface area contributed by atoms with Crippen molar-refractivity contribution in [3.63, 3.8) is 0 Å². The number of nitrogens with zero attached hydrogens (tertiary/aromatic N) is 3. The average Bonchev–Trinajstić information content (AvgIpc) is 2.73. The maximum Gasteiger partial charge on any atom is 0.416 e. The average molecular weight is 417 g/mol. The molecule has 2 aromatic carbocycles. The maximum absolute atomic E-state index is 13.3. The number of fused-ring (bicyclic) bond motifs is 1. The molecular formula is C21H22F3N5O. The zero-order valence-electron chi connectivity index (χ0n) is 16.4. The summed E-state index contributed by atoms with van der Waals surface area (Å²) in [5.74, 6) is 0.423. The van der Waals surface area contributed by atoms with Gasteiger partial charge in [0.05, 0.1) is 25.0 Å². The summed E-state index contributed by atoms with van der Waals surface area (Å²) in [7, 11) is 0. The molecule has 0 amide bonds. The second-order valence-corrected chi connectivity index (χ2v) is 7.20. The van der Waals surface area contributed by atoms with Gasteiger partial charge < -0.3 is 20.7 Å². The highest BCUT2D eigenvalue weighted by Crippen LogP contribution is 2.35. The lowest BCUT2D eigenvalue weighted by molar-refractivity contribution is -0.138. The standard InChI is InChI=1S/C21H22F3N5O/c1-13-16(3-2-4-18(13)21(22,23)24)19(25)27-20-17-11-15(29-7-9-30-10-8-29)6-5-14(17)12-26-28-20/h2-6,11-12,19H,7-10,25H2,1H3,(H,27,28)/t19-/m0/s1. The largest absolute Gasteiger partial charge is 0.416 e. The van der Waals surface area contributed by atoms with Crippen molar-refractivity contribution in [1.82, 2.24) is 10.2 Å². The van der Waals surface area contributed by atoms with E-state index in [-0.39, 0.29) is 5.56 Å². The summed E-state index contributed by atoms with van der Waals surface area (Å²) in [5, 5.41) is 12.9. The van der Waals surface area contributed by atoms with Gasteiger partial charge in [0.1, 0.15) is 6.17 Å². The Morgan fingerprint density at radius 2 is 1.93 bits per heavy atom. The van der Waals surface area contributed by atoms with E-state index in [1.807, 2.05) is 18.2 Å². The smallest absolute Gasteiger partial charge is 0.378 e. The van der Waals surface area contributed by atoms with E-state index in [0.717, 1.165) is 35.6 Å². The predicted octanol–water partition coefficient (Wildman–Crippen LogP) is 3.86. The number of rotatable bonds is 4. The Hall–Kier alpha value is -2.91. The molecule has 30 heavy (non-hydrogen) atoms. The molecule has 3 aromatic rings. The van der Waals surface area contributed by atoms with Gasteiger partial charge in [0, 0.05) is 29.5 Å². The van der Waals surface area contributed by atoms with Crippen molar-refractivity contribution in [2.45, 2.75) is 19.3 Å². The van der Waals surface area contributed by atoms with Crippen LogP contribution in [0.1, 0.15) is 22.9 Å². The molecule has 3 N–H and O–H groups in total. The highest BCUT2D eigenvalue weighted by molar-refractivity contribution is 5.93. The van der Waals surface area contributed by atoms with Gasteiger partial charge in [0.25, 0.3) is 0 Å². The number of benzene rings is 2. The summed E-state index contributed by atoms with van der Waals surface area (Å²) >= 11 is 0. The fourth-order valence-corrected chi connectivity index (χ4v) is 3.71. The Bertz CT molecular complexity index is 1050. The highest BCUT2D eigenvalue weighted by atomic mass is 19.4. The summed E-state index contributed by atoms with van der Waals surface area (Å²) in [6.07, 6.45) is -3.67. The van der Waals surface area contributed by atoms with Crippen LogP contribution in [0.3, 0.4) is 0 Å². The van der Waals surface area contributed by atoms with Crippen LogP contribution in [0, 0.1) is 6.92 Å². The Balaban J connectivity index is 1.67. The van der Waals surface area contributed by atoms with Crippen LogP contribution < -0.4 is 16.0 Å². The van der Waals surface area contributed by atoms with Crippen molar-refractivity contribution < 1.29 is 17.9 Å². The Morgan fingerprint density at radius 1 is 1.17 bits per heavy atom. The van der Waals surface area contributed by atoms with Gasteiger partial charge in [-0.2, -0.15) is 18.3 Å². The van der Waals surface area contributed by atoms with E-state index in [1.165, 1.54) is 13.0 Å². The summed E-state index contributed by atoms with van der Waals surface area (Å²) in [5.41, 5.74) is 7.00. The second-order valence-electron chi connectivity index (χ2n) is 7.20. The summed E-state index contributed by atoms with van der Waals surface area (Å²) in [4.78, 5) is 2.21. The van der Waals surface area contributed by atoms with E-state index in [1.54, 1.807) is 12.3 Å². The number of morpholine rings is 1. The van der Waals surface area contributed by atoms with Crippen molar-refractivity contribution >= 4 is 22.3 Å². The summed E-state index contributed by atoms with van der Waals surface area (Å²) in [6, 6.07) is 9.94. The van der Waals surface area contributed by atoms with E-state index >= 15 is 0 Å². The van der Waals surface area contributed by atoms with Crippen molar-refractivity contribution in [2.24, 2.45) is 5.73 Å². The number of nitrogens with one attached hydrogen (secondary N) is 1. The molecule has 1 aliphatic rings. The normalized spacial score (nSPS) is 16.0. The number of ether oxygens (including phenoxy) is 1. The predicted molar refractivity (Wildman–Crippen MR) is 109 cm³/mol. The third-order valence-electron chi connectivity index (χ3n) is 5.33. The zero-order valence-corrected chi connectivity index (χ0v) is 16.4. The van der Waals surface area contributed by atoms with Crippen LogP contribution in [0.2, 0.25) is 0 Å². The molecule has 0 aliphatic carbocycles. The van der Waals surface area contributed by atoms with Crippen molar-refractivity contribution in [3.8, 4) is 0 Å². The third-order valence-corrected chi connectivity index (χ3v) is 5.33. The molecule has 1 fully saturated rings. The second kappa shape index (κ2) is 8.08. The lowest BCUT2D eigenvalue weighted by Gasteiger charge is -2.29. The summed E-state index contributed by atoms with van der Waals surface area (Å²) in [6.45, 7) is 4.32. The van der Waals surface area contributed by atoms with Gasteiger partial charge in [-0.25, -0.2) is 0 Å². The number of aromatic nitrogens is 2. The molecule has 1 aliphatic heterocycles. The first-order valence-corrected chi connectivity index (χ1v) is 9.61. The molecule has 4 rings (SSSR count). The van der Waals surface area contributed by atoms with Gasteiger partial charge in [-0.1, -0.05) is 18.2 Å². The van der Waals surface area contributed by atoms with Gasteiger partial charge in [0.15, 0.2) is 5.82 Å². The van der Waals surface area contributed by atoms with Crippen LogP contribution in [0.25, 0.3) is 10.8 Å². The van der Waals surface area contributed by atoms with Gasteiger partial charge in [0.2, 0.25) is 0 Å². The van der Waals surface area contributed by atoms with Crippen LogP contribution in [0.15, 0.2) is 42.6 Å². The number of nitrogens with two attached hydrogens (primary N) is 1. The van der Waals surface area contributed by atoms with Crippen molar-refractivity contribution in [2.75, 3.05) is 36.5 Å². The van der Waals surface area contributed by atoms with Crippen molar-refractivity contribution in [1.29, 1.82) is 0 Å². The number of hydrogen-bond acceptors (Lipinski definition) is 6.